The van der Waals surface area contributed by atoms with Crippen LogP contribution in [0.15, 0.2) is 35.7 Å². The number of benzene rings is 2. The fraction of sp³-hybridized carbons (Fsp3) is 0.553. The molecule has 9 nitrogen and oxygen atoms in total. The van der Waals surface area contributed by atoms with E-state index < -0.39 is 11.2 Å². The molecule has 3 aromatic rings. The van der Waals surface area contributed by atoms with Gasteiger partial charge in [0.05, 0.1) is 17.7 Å². The third-order valence-corrected chi connectivity index (χ3v) is 9.63. The normalized spacial score (nSPS) is 18.4. The standard InChI is InChI=1S/C38H51N3O6S/c1-10-26-18-25(19-27-14-16-41(20-30(26)27)36(43)47-38(6,7)8)22-45-33-24(2)12-11-13-28(33)31-23-48-35(39-31)40-17-15-29(32(21-40)44-9)34(42)46-37(3,4)5/h11-13,18-19,23,29,32H,10,14-17,20-22H2,1-9H3/t29-,32+/m1/s1. The van der Waals surface area contributed by atoms with Crippen molar-refractivity contribution in [2.45, 2.75) is 105 Å². The number of aryl methyl sites for hydroxylation is 2. The monoisotopic (exact) mass is 677 g/mol. The lowest BCUT2D eigenvalue weighted by Gasteiger charge is -2.37. The van der Waals surface area contributed by atoms with Gasteiger partial charge in [0, 0.05) is 44.2 Å². The number of hydrogen-bond donors (Lipinski definition) is 0. The number of anilines is 1. The summed E-state index contributed by atoms with van der Waals surface area (Å²) < 4.78 is 23.7. The van der Waals surface area contributed by atoms with Crippen molar-refractivity contribution in [1.82, 2.24) is 9.88 Å². The Labute approximate surface area is 289 Å². The summed E-state index contributed by atoms with van der Waals surface area (Å²) in [5.41, 5.74) is 6.64. The summed E-state index contributed by atoms with van der Waals surface area (Å²) in [6.07, 6.45) is 1.76. The largest absolute Gasteiger partial charge is 0.488 e. The third-order valence-electron chi connectivity index (χ3n) is 8.73. The lowest BCUT2D eigenvalue weighted by Crippen LogP contribution is -2.49. The van der Waals surface area contributed by atoms with E-state index in [1.54, 1.807) is 18.4 Å². The van der Waals surface area contributed by atoms with E-state index in [1.807, 2.05) is 52.5 Å². The van der Waals surface area contributed by atoms with Crippen molar-refractivity contribution in [3.63, 3.8) is 0 Å². The summed E-state index contributed by atoms with van der Waals surface area (Å²) in [4.78, 5) is 34.7. The van der Waals surface area contributed by atoms with Gasteiger partial charge in [0.25, 0.3) is 0 Å². The second kappa shape index (κ2) is 14.5. The van der Waals surface area contributed by atoms with Crippen molar-refractivity contribution in [1.29, 1.82) is 0 Å². The molecule has 260 valence electrons. The Morgan fingerprint density at radius 2 is 1.79 bits per heavy atom. The Balaban J connectivity index is 1.29. The van der Waals surface area contributed by atoms with E-state index in [0.29, 0.717) is 39.2 Å². The van der Waals surface area contributed by atoms with Crippen LogP contribution in [0.1, 0.15) is 82.7 Å². The molecule has 2 aliphatic rings. The molecule has 10 heteroatoms. The molecule has 5 rings (SSSR count). The fourth-order valence-electron chi connectivity index (χ4n) is 6.41. The number of hydrogen-bond acceptors (Lipinski definition) is 9. The van der Waals surface area contributed by atoms with Crippen LogP contribution < -0.4 is 9.64 Å². The predicted molar refractivity (Wildman–Crippen MR) is 190 cm³/mol. The number of thiazole rings is 1. The van der Waals surface area contributed by atoms with Gasteiger partial charge in [0.15, 0.2) is 5.13 Å². The average Bonchev–Trinajstić information content (AvgIpc) is 3.51. The van der Waals surface area contributed by atoms with Crippen LogP contribution in [0, 0.1) is 12.8 Å². The molecule has 0 spiro atoms. The van der Waals surface area contributed by atoms with E-state index in [0.717, 1.165) is 46.1 Å². The molecular weight excluding hydrogens is 627 g/mol. The van der Waals surface area contributed by atoms with Gasteiger partial charge in [0.1, 0.15) is 23.6 Å². The van der Waals surface area contributed by atoms with Crippen LogP contribution >= 0.6 is 11.3 Å². The number of carbonyl (C=O) groups excluding carboxylic acids is 2. The van der Waals surface area contributed by atoms with E-state index in [2.05, 4.69) is 48.4 Å². The minimum absolute atomic E-state index is 0.205. The van der Waals surface area contributed by atoms with E-state index in [1.165, 1.54) is 16.7 Å². The van der Waals surface area contributed by atoms with Crippen LogP contribution in [0.4, 0.5) is 9.93 Å². The maximum Gasteiger partial charge on any atom is 0.410 e. The highest BCUT2D eigenvalue weighted by molar-refractivity contribution is 7.14. The molecule has 48 heavy (non-hydrogen) atoms. The van der Waals surface area contributed by atoms with Crippen LogP contribution in [0.5, 0.6) is 5.75 Å². The zero-order chi connectivity index (χ0) is 34.8. The lowest BCUT2D eigenvalue weighted by molar-refractivity contribution is -0.165. The minimum Gasteiger partial charge on any atom is -0.488 e. The first kappa shape index (κ1) is 35.7. The molecule has 0 bridgehead atoms. The summed E-state index contributed by atoms with van der Waals surface area (Å²) in [5, 5.41) is 2.97. The van der Waals surface area contributed by atoms with E-state index in [9.17, 15) is 9.59 Å². The number of amides is 1. The number of esters is 1. The zero-order valence-corrected chi connectivity index (χ0v) is 30.8. The molecule has 2 aromatic carbocycles. The summed E-state index contributed by atoms with van der Waals surface area (Å²) in [5.74, 6) is 0.310. The first-order chi connectivity index (χ1) is 22.7. The Kier molecular flexibility index (Phi) is 10.7. The van der Waals surface area contributed by atoms with Crippen molar-refractivity contribution in [3.05, 3.63) is 63.5 Å². The molecule has 0 N–H and O–H groups in total. The number of methoxy groups -OCH3 is 1. The molecule has 1 fully saturated rings. The van der Waals surface area contributed by atoms with E-state index in [-0.39, 0.29) is 24.1 Å². The number of piperidine rings is 1. The molecule has 0 aliphatic carbocycles. The number of carbonyl (C=O) groups is 2. The summed E-state index contributed by atoms with van der Waals surface area (Å²) in [6.45, 7) is 18.5. The number of rotatable bonds is 8. The van der Waals surface area contributed by atoms with E-state index >= 15 is 0 Å². The molecule has 1 saturated heterocycles. The highest BCUT2D eigenvalue weighted by atomic mass is 32.1. The maximum absolute atomic E-state index is 12.9. The van der Waals surface area contributed by atoms with Crippen LogP contribution in [-0.4, -0.2) is 66.0 Å². The lowest BCUT2D eigenvalue weighted by atomic mass is 9.91. The predicted octanol–water partition coefficient (Wildman–Crippen LogP) is 7.74. The smallest absolute Gasteiger partial charge is 0.410 e. The van der Waals surface area contributed by atoms with Gasteiger partial charge in [-0.05, 0) is 102 Å². The topological polar surface area (TPSA) is 90.4 Å². The van der Waals surface area contributed by atoms with Crippen LogP contribution in [-0.2, 0) is 45.0 Å². The third kappa shape index (κ3) is 8.50. The summed E-state index contributed by atoms with van der Waals surface area (Å²) in [7, 11) is 1.65. The highest BCUT2D eigenvalue weighted by Gasteiger charge is 2.38. The van der Waals surface area contributed by atoms with Crippen molar-refractivity contribution >= 4 is 28.5 Å². The second-order valence-electron chi connectivity index (χ2n) is 14.8. The van der Waals surface area contributed by atoms with Crippen molar-refractivity contribution in [3.8, 4) is 17.0 Å². The van der Waals surface area contributed by atoms with Gasteiger partial charge in [-0.15, -0.1) is 11.3 Å². The Morgan fingerprint density at radius 3 is 2.48 bits per heavy atom. The number of fused-ring (bicyclic) bond motifs is 1. The zero-order valence-electron chi connectivity index (χ0n) is 30.0. The first-order valence-electron chi connectivity index (χ1n) is 17.0. The van der Waals surface area contributed by atoms with Gasteiger partial charge >= 0.3 is 12.1 Å². The molecule has 0 radical (unpaired) electrons. The van der Waals surface area contributed by atoms with Crippen molar-refractivity contribution in [2.24, 2.45) is 5.92 Å². The van der Waals surface area contributed by atoms with Gasteiger partial charge in [-0.2, -0.15) is 0 Å². The molecule has 0 saturated carbocycles. The van der Waals surface area contributed by atoms with Gasteiger partial charge in [-0.1, -0.05) is 31.2 Å². The molecule has 3 heterocycles. The van der Waals surface area contributed by atoms with Gasteiger partial charge in [-0.3, -0.25) is 4.79 Å². The van der Waals surface area contributed by atoms with Gasteiger partial charge in [-0.25, -0.2) is 9.78 Å². The van der Waals surface area contributed by atoms with Gasteiger partial charge in [0.2, 0.25) is 0 Å². The number of nitrogens with zero attached hydrogens (tertiary/aromatic N) is 3. The van der Waals surface area contributed by atoms with Gasteiger partial charge < -0.3 is 28.7 Å². The Morgan fingerprint density at radius 1 is 1.04 bits per heavy atom. The highest BCUT2D eigenvalue weighted by Crippen LogP contribution is 2.38. The van der Waals surface area contributed by atoms with E-state index in [4.69, 9.17) is 23.9 Å². The van der Waals surface area contributed by atoms with Crippen LogP contribution in [0.3, 0.4) is 0 Å². The second-order valence-corrected chi connectivity index (χ2v) is 15.6. The molecular formula is C38H51N3O6S. The Hall–Kier alpha value is -3.63. The first-order valence-corrected chi connectivity index (χ1v) is 17.8. The number of ether oxygens (including phenoxy) is 4. The minimum atomic E-state index is -0.534. The Bertz CT molecular complexity index is 1600. The fourth-order valence-corrected chi connectivity index (χ4v) is 7.28. The number of aromatic nitrogens is 1. The molecule has 1 amide bonds. The molecule has 2 atom stereocenters. The number of para-hydroxylation sites is 1. The molecule has 0 unspecified atom stereocenters. The summed E-state index contributed by atoms with van der Waals surface area (Å²) >= 11 is 1.59. The quantitative estimate of drug-likeness (QED) is 0.224. The van der Waals surface area contributed by atoms with Crippen LogP contribution in [0.2, 0.25) is 0 Å². The van der Waals surface area contributed by atoms with Crippen molar-refractivity contribution in [2.75, 3.05) is 31.6 Å². The maximum atomic E-state index is 12.9. The molecule has 1 aromatic heterocycles. The SMILES string of the molecule is CCc1cc(COc2c(C)cccc2-c2csc(N3CC[C@@H](C(=O)OC(C)(C)C)[C@@H](OC)C3)n2)cc2c1CN(C(=O)OC(C)(C)C)CC2. The van der Waals surface area contributed by atoms with Crippen LogP contribution in [0.25, 0.3) is 11.3 Å². The summed E-state index contributed by atoms with van der Waals surface area (Å²) in [6, 6.07) is 10.6. The van der Waals surface area contributed by atoms with Crippen molar-refractivity contribution < 1.29 is 28.5 Å². The molecule has 2 aliphatic heterocycles. The average molecular weight is 678 g/mol.